The number of hydrogen-bond donors (Lipinski definition) is 2. The van der Waals surface area contributed by atoms with Crippen LogP contribution in [0, 0.1) is 15.9 Å². The van der Waals surface area contributed by atoms with Crippen molar-refractivity contribution >= 4 is 17.3 Å². The largest absolute Gasteiger partial charge is 0.394 e. The van der Waals surface area contributed by atoms with Crippen molar-refractivity contribution in [2.75, 3.05) is 6.61 Å². The SMILES string of the molecule is CC(NC(CO)c1ccc(Cl)c(F)c1)c1cccc([N+](=O)[O-])c1. The molecule has 0 fully saturated rings. The number of nitrogens with one attached hydrogen (secondary N) is 1. The maximum atomic E-state index is 13.6. The molecule has 122 valence electrons. The van der Waals surface area contributed by atoms with E-state index in [-0.39, 0.29) is 23.4 Å². The second kappa shape index (κ2) is 7.50. The molecule has 0 heterocycles. The number of hydrogen-bond acceptors (Lipinski definition) is 4. The summed E-state index contributed by atoms with van der Waals surface area (Å²) in [6, 6.07) is 9.75. The number of nitro groups is 1. The van der Waals surface area contributed by atoms with Gasteiger partial charge in [0.2, 0.25) is 0 Å². The Labute approximate surface area is 137 Å². The number of aliphatic hydroxyl groups is 1. The zero-order chi connectivity index (χ0) is 17.0. The van der Waals surface area contributed by atoms with E-state index >= 15 is 0 Å². The Morgan fingerprint density at radius 1 is 1.30 bits per heavy atom. The summed E-state index contributed by atoms with van der Waals surface area (Å²) in [6.07, 6.45) is 0. The Morgan fingerprint density at radius 2 is 2.04 bits per heavy atom. The molecule has 23 heavy (non-hydrogen) atoms. The first-order valence-electron chi connectivity index (χ1n) is 6.98. The molecule has 0 saturated heterocycles. The summed E-state index contributed by atoms with van der Waals surface area (Å²) in [5.74, 6) is -0.563. The number of rotatable bonds is 6. The van der Waals surface area contributed by atoms with Gasteiger partial charge in [-0.25, -0.2) is 4.39 Å². The Morgan fingerprint density at radius 3 is 2.65 bits per heavy atom. The highest BCUT2D eigenvalue weighted by molar-refractivity contribution is 6.30. The second-order valence-corrected chi connectivity index (χ2v) is 5.56. The fourth-order valence-electron chi connectivity index (χ4n) is 2.29. The van der Waals surface area contributed by atoms with Gasteiger partial charge in [-0.05, 0) is 30.2 Å². The van der Waals surface area contributed by atoms with Crippen LogP contribution in [0.4, 0.5) is 10.1 Å². The molecule has 2 aromatic carbocycles. The van der Waals surface area contributed by atoms with Gasteiger partial charge in [0.25, 0.3) is 5.69 Å². The predicted octanol–water partition coefficient (Wildman–Crippen LogP) is 3.77. The van der Waals surface area contributed by atoms with Gasteiger partial charge in [0.05, 0.1) is 22.6 Å². The third-order valence-electron chi connectivity index (χ3n) is 3.56. The first-order chi connectivity index (χ1) is 10.9. The molecule has 0 aliphatic heterocycles. The molecule has 0 aliphatic carbocycles. The Kier molecular flexibility index (Phi) is 5.65. The Balaban J connectivity index is 2.19. The normalized spacial score (nSPS) is 13.6. The van der Waals surface area contributed by atoms with E-state index < -0.39 is 16.8 Å². The zero-order valence-electron chi connectivity index (χ0n) is 12.4. The van der Waals surface area contributed by atoms with Crippen LogP contribution in [0.5, 0.6) is 0 Å². The van der Waals surface area contributed by atoms with Crippen molar-refractivity contribution in [3.8, 4) is 0 Å². The first kappa shape index (κ1) is 17.3. The number of halogens is 2. The van der Waals surface area contributed by atoms with Crippen LogP contribution >= 0.6 is 11.6 Å². The van der Waals surface area contributed by atoms with Crippen LogP contribution in [0.1, 0.15) is 30.1 Å². The summed E-state index contributed by atoms with van der Waals surface area (Å²) < 4.78 is 13.6. The predicted molar refractivity (Wildman–Crippen MR) is 85.9 cm³/mol. The van der Waals surface area contributed by atoms with E-state index in [0.717, 1.165) is 0 Å². The molecule has 0 radical (unpaired) electrons. The average Bonchev–Trinajstić information content (AvgIpc) is 2.55. The molecule has 2 aromatic rings. The minimum atomic E-state index is -0.563. The molecule has 2 atom stereocenters. The van der Waals surface area contributed by atoms with E-state index in [0.29, 0.717) is 11.1 Å². The van der Waals surface area contributed by atoms with E-state index in [1.54, 1.807) is 18.2 Å². The summed E-state index contributed by atoms with van der Waals surface area (Å²) in [5.41, 5.74) is 1.24. The Bertz CT molecular complexity index is 711. The van der Waals surface area contributed by atoms with E-state index in [2.05, 4.69) is 5.32 Å². The van der Waals surface area contributed by atoms with Crippen molar-refractivity contribution in [3.05, 3.63) is 74.5 Å². The van der Waals surface area contributed by atoms with Crippen LogP contribution in [0.25, 0.3) is 0 Å². The summed E-state index contributed by atoms with van der Waals surface area (Å²) in [7, 11) is 0. The van der Waals surface area contributed by atoms with Gasteiger partial charge < -0.3 is 10.4 Å². The molecule has 2 rings (SSSR count). The van der Waals surface area contributed by atoms with Gasteiger partial charge >= 0.3 is 0 Å². The minimum absolute atomic E-state index is 0.00534. The average molecular weight is 339 g/mol. The first-order valence-corrected chi connectivity index (χ1v) is 7.36. The van der Waals surface area contributed by atoms with Gasteiger partial charge in [0, 0.05) is 18.2 Å². The van der Waals surface area contributed by atoms with E-state index in [1.807, 2.05) is 6.92 Å². The van der Waals surface area contributed by atoms with Crippen molar-refractivity contribution in [2.45, 2.75) is 19.0 Å². The summed E-state index contributed by atoms with van der Waals surface area (Å²) in [5, 5.41) is 23.5. The molecule has 2 unspecified atom stereocenters. The lowest BCUT2D eigenvalue weighted by atomic mass is 10.0. The fourth-order valence-corrected chi connectivity index (χ4v) is 2.41. The third-order valence-corrected chi connectivity index (χ3v) is 3.87. The van der Waals surface area contributed by atoms with Crippen molar-refractivity contribution < 1.29 is 14.4 Å². The van der Waals surface area contributed by atoms with Crippen molar-refractivity contribution in [3.63, 3.8) is 0 Å². The van der Waals surface area contributed by atoms with Crippen LogP contribution in [-0.4, -0.2) is 16.6 Å². The number of nitrogens with zero attached hydrogens (tertiary/aromatic N) is 1. The highest BCUT2D eigenvalue weighted by Crippen LogP contribution is 2.24. The Hall–Kier alpha value is -2.02. The van der Waals surface area contributed by atoms with Gasteiger partial charge in [0.15, 0.2) is 0 Å². The van der Waals surface area contributed by atoms with Gasteiger partial charge in [0.1, 0.15) is 5.82 Å². The van der Waals surface area contributed by atoms with Gasteiger partial charge in [-0.15, -0.1) is 0 Å². The lowest BCUT2D eigenvalue weighted by Gasteiger charge is -2.22. The summed E-state index contributed by atoms with van der Waals surface area (Å²) >= 11 is 5.66. The number of benzene rings is 2. The summed E-state index contributed by atoms with van der Waals surface area (Å²) in [6.45, 7) is 1.56. The van der Waals surface area contributed by atoms with E-state index in [1.165, 1.54) is 24.3 Å². The number of nitro benzene ring substituents is 1. The van der Waals surface area contributed by atoms with Crippen molar-refractivity contribution in [2.24, 2.45) is 0 Å². The molecule has 7 heteroatoms. The van der Waals surface area contributed by atoms with Gasteiger partial charge in [-0.3, -0.25) is 10.1 Å². The highest BCUT2D eigenvalue weighted by Gasteiger charge is 2.17. The molecule has 0 bridgehead atoms. The molecule has 0 aliphatic rings. The number of aliphatic hydroxyl groups excluding tert-OH is 1. The van der Waals surface area contributed by atoms with Crippen LogP contribution < -0.4 is 5.32 Å². The smallest absolute Gasteiger partial charge is 0.269 e. The second-order valence-electron chi connectivity index (χ2n) is 5.15. The molecule has 0 aromatic heterocycles. The number of non-ortho nitro benzene ring substituents is 1. The maximum absolute atomic E-state index is 13.6. The van der Waals surface area contributed by atoms with Crippen LogP contribution in [0.3, 0.4) is 0 Å². The van der Waals surface area contributed by atoms with Gasteiger partial charge in [-0.2, -0.15) is 0 Å². The molecule has 2 N–H and O–H groups in total. The van der Waals surface area contributed by atoms with E-state index in [4.69, 9.17) is 11.6 Å². The third kappa shape index (κ3) is 4.25. The molecule has 5 nitrogen and oxygen atoms in total. The zero-order valence-corrected chi connectivity index (χ0v) is 13.1. The van der Waals surface area contributed by atoms with Crippen LogP contribution in [0.15, 0.2) is 42.5 Å². The topological polar surface area (TPSA) is 75.4 Å². The lowest BCUT2D eigenvalue weighted by Crippen LogP contribution is -2.27. The highest BCUT2D eigenvalue weighted by atomic mass is 35.5. The van der Waals surface area contributed by atoms with Crippen molar-refractivity contribution in [1.29, 1.82) is 0 Å². The van der Waals surface area contributed by atoms with Gasteiger partial charge in [-0.1, -0.05) is 29.8 Å². The van der Waals surface area contributed by atoms with E-state index in [9.17, 15) is 19.6 Å². The standard InChI is InChI=1S/C16H16ClFN2O3/c1-10(11-3-2-4-13(7-11)20(22)23)19-16(9-21)12-5-6-14(17)15(18)8-12/h2-8,10,16,19,21H,9H2,1H3. The fraction of sp³-hybridized carbons (Fsp3) is 0.250. The maximum Gasteiger partial charge on any atom is 0.269 e. The quantitative estimate of drug-likeness (QED) is 0.621. The van der Waals surface area contributed by atoms with Crippen molar-refractivity contribution in [1.82, 2.24) is 5.32 Å². The molecule has 0 amide bonds. The monoisotopic (exact) mass is 338 g/mol. The summed E-state index contributed by atoms with van der Waals surface area (Å²) in [4.78, 5) is 10.4. The minimum Gasteiger partial charge on any atom is -0.394 e. The lowest BCUT2D eigenvalue weighted by molar-refractivity contribution is -0.384. The molecule has 0 saturated carbocycles. The van der Waals surface area contributed by atoms with Crippen LogP contribution in [0.2, 0.25) is 5.02 Å². The molecule has 0 spiro atoms. The van der Waals surface area contributed by atoms with Crippen LogP contribution in [-0.2, 0) is 0 Å². The molecular formula is C16H16ClFN2O3. The molecular weight excluding hydrogens is 323 g/mol.